The first-order valence-corrected chi connectivity index (χ1v) is 6.65. The Balaban J connectivity index is 1.97. The van der Waals surface area contributed by atoms with Crippen LogP contribution in [0.1, 0.15) is 5.69 Å². The molecule has 0 unspecified atom stereocenters. The Morgan fingerprint density at radius 3 is 2.90 bits per heavy atom. The summed E-state index contributed by atoms with van der Waals surface area (Å²) in [5, 5.41) is 3.96. The summed E-state index contributed by atoms with van der Waals surface area (Å²) in [7, 11) is 0. The SMILES string of the molecule is NCc1cc(-c2nc(-c3cncc(Br)c3)no2)ccn1. The summed E-state index contributed by atoms with van der Waals surface area (Å²) in [6.07, 6.45) is 5.04. The van der Waals surface area contributed by atoms with Gasteiger partial charge in [-0.25, -0.2) is 0 Å². The lowest BCUT2D eigenvalue weighted by atomic mass is 10.2. The first-order chi connectivity index (χ1) is 9.76. The van der Waals surface area contributed by atoms with Gasteiger partial charge in [0.15, 0.2) is 0 Å². The highest BCUT2D eigenvalue weighted by atomic mass is 79.9. The molecule has 3 rings (SSSR count). The zero-order chi connectivity index (χ0) is 13.9. The van der Waals surface area contributed by atoms with E-state index in [2.05, 4.69) is 36.0 Å². The number of nitrogens with zero attached hydrogens (tertiary/aromatic N) is 4. The molecule has 7 heteroatoms. The standard InChI is InChI=1S/C13H10BrN5O/c14-10-3-9(6-16-7-10)12-18-13(20-19-12)8-1-2-17-11(4-8)5-15/h1-4,6-7H,5,15H2. The molecule has 0 aromatic carbocycles. The maximum absolute atomic E-state index is 5.57. The molecule has 0 saturated heterocycles. The fourth-order valence-corrected chi connectivity index (χ4v) is 2.08. The number of aromatic nitrogens is 4. The molecule has 6 nitrogen and oxygen atoms in total. The van der Waals surface area contributed by atoms with Gasteiger partial charge >= 0.3 is 0 Å². The molecular weight excluding hydrogens is 322 g/mol. The second-order valence-corrected chi connectivity index (χ2v) is 4.97. The molecule has 20 heavy (non-hydrogen) atoms. The van der Waals surface area contributed by atoms with E-state index < -0.39 is 0 Å². The van der Waals surface area contributed by atoms with Crippen LogP contribution in [0.3, 0.4) is 0 Å². The molecule has 0 aliphatic carbocycles. The highest BCUT2D eigenvalue weighted by Gasteiger charge is 2.11. The second kappa shape index (κ2) is 5.48. The van der Waals surface area contributed by atoms with Crippen molar-refractivity contribution in [1.29, 1.82) is 0 Å². The lowest BCUT2D eigenvalue weighted by Gasteiger charge is -1.97. The van der Waals surface area contributed by atoms with Crippen molar-refractivity contribution in [3.63, 3.8) is 0 Å². The number of halogens is 1. The molecule has 0 bridgehead atoms. The molecule has 2 N–H and O–H groups in total. The average Bonchev–Trinajstić information content (AvgIpc) is 2.97. The predicted octanol–water partition coefficient (Wildman–Crippen LogP) is 2.41. The number of rotatable bonds is 3. The summed E-state index contributed by atoms with van der Waals surface area (Å²) in [4.78, 5) is 12.6. The van der Waals surface area contributed by atoms with Gasteiger partial charge in [0.05, 0.1) is 5.69 Å². The highest BCUT2D eigenvalue weighted by molar-refractivity contribution is 9.10. The Morgan fingerprint density at radius 1 is 1.20 bits per heavy atom. The summed E-state index contributed by atoms with van der Waals surface area (Å²) >= 11 is 3.36. The first-order valence-electron chi connectivity index (χ1n) is 5.86. The van der Waals surface area contributed by atoms with Crippen LogP contribution in [0.2, 0.25) is 0 Å². The lowest BCUT2D eigenvalue weighted by Crippen LogP contribution is -1.98. The predicted molar refractivity (Wildman–Crippen MR) is 76.4 cm³/mol. The van der Waals surface area contributed by atoms with Gasteiger partial charge in [-0.05, 0) is 34.1 Å². The van der Waals surface area contributed by atoms with Crippen LogP contribution in [-0.2, 0) is 6.54 Å². The van der Waals surface area contributed by atoms with Gasteiger partial charge in [-0.3, -0.25) is 9.97 Å². The molecule has 0 saturated carbocycles. The van der Waals surface area contributed by atoms with E-state index in [1.54, 1.807) is 24.7 Å². The molecule has 0 spiro atoms. The zero-order valence-corrected chi connectivity index (χ0v) is 11.9. The van der Waals surface area contributed by atoms with Crippen molar-refractivity contribution in [1.82, 2.24) is 20.1 Å². The van der Waals surface area contributed by atoms with Gasteiger partial charge in [0.1, 0.15) is 0 Å². The summed E-state index contributed by atoms with van der Waals surface area (Å²) in [6, 6.07) is 5.51. The number of nitrogens with two attached hydrogens (primary N) is 1. The third-order valence-corrected chi connectivity index (χ3v) is 3.10. The van der Waals surface area contributed by atoms with Crippen LogP contribution in [-0.4, -0.2) is 20.1 Å². The molecule has 0 aliphatic rings. The van der Waals surface area contributed by atoms with E-state index in [1.165, 1.54) is 0 Å². The van der Waals surface area contributed by atoms with Crippen LogP contribution < -0.4 is 5.73 Å². The van der Waals surface area contributed by atoms with Gasteiger partial charge in [0.2, 0.25) is 5.82 Å². The van der Waals surface area contributed by atoms with Crippen LogP contribution in [0.15, 0.2) is 45.8 Å². The van der Waals surface area contributed by atoms with Crippen LogP contribution in [0.5, 0.6) is 0 Å². The Kier molecular flexibility index (Phi) is 3.53. The van der Waals surface area contributed by atoms with Crippen molar-refractivity contribution in [3.8, 4) is 22.8 Å². The Bertz CT molecular complexity index is 743. The number of hydrogen-bond acceptors (Lipinski definition) is 6. The third kappa shape index (κ3) is 2.59. The highest BCUT2D eigenvalue weighted by Crippen LogP contribution is 2.23. The smallest absolute Gasteiger partial charge is 0.258 e. The molecule has 0 fully saturated rings. The van der Waals surface area contributed by atoms with Crippen LogP contribution >= 0.6 is 15.9 Å². The molecule has 3 aromatic heterocycles. The lowest BCUT2D eigenvalue weighted by molar-refractivity contribution is 0.432. The quantitative estimate of drug-likeness (QED) is 0.792. The van der Waals surface area contributed by atoms with Gasteiger partial charge in [0.25, 0.3) is 5.89 Å². The van der Waals surface area contributed by atoms with E-state index in [4.69, 9.17) is 10.3 Å². The van der Waals surface area contributed by atoms with Gasteiger partial charge in [-0.2, -0.15) is 4.98 Å². The van der Waals surface area contributed by atoms with Gasteiger partial charge in [0, 0.05) is 40.7 Å². The van der Waals surface area contributed by atoms with E-state index in [9.17, 15) is 0 Å². The van der Waals surface area contributed by atoms with Crippen molar-refractivity contribution in [2.24, 2.45) is 5.73 Å². The van der Waals surface area contributed by atoms with E-state index in [0.29, 0.717) is 18.3 Å². The van der Waals surface area contributed by atoms with Crippen molar-refractivity contribution < 1.29 is 4.52 Å². The minimum absolute atomic E-state index is 0.365. The maximum atomic E-state index is 5.57. The van der Waals surface area contributed by atoms with Gasteiger partial charge in [-0.15, -0.1) is 0 Å². The third-order valence-electron chi connectivity index (χ3n) is 2.66. The summed E-state index contributed by atoms with van der Waals surface area (Å²) in [5.41, 5.74) is 7.91. The summed E-state index contributed by atoms with van der Waals surface area (Å²) in [5.74, 6) is 0.914. The molecular formula is C13H10BrN5O. The molecule has 0 amide bonds. The van der Waals surface area contributed by atoms with Gasteiger partial charge in [-0.1, -0.05) is 5.16 Å². The van der Waals surface area contributed by atoms with Crippen molar-refractivity contribution in [3.05, 3.63) is 47.0 Å². The van der Waals surface area contributed by atoms with Crippen LogP contribution in [0.4, 0.5) is 0 Å². The molecule has 100 valence electrons. The average molecular weight is 332 g/mol. The Labute approximate surface area is 123 Å². The molecule has 0 atom stereocenters. The summed E-state index contributed by atoms with van der Waals surface area (Å²) in [6.45, 7) is 0.365. The first kappa shape index (κ1) is 12.9. The number of pyridine rings is 2. The maximum Gasteiger partial charge on any atom is 0.258 e. The second-order valence-electron chi connectivity index (χ2n) is 4.05. The Morgan fingerprint density at radius 2 is 2.10 bits per heavy atom. The normalized spacial score (nSPS) is 10.7. The van der Waals surface area contributed by atoms with Crippen molar-refractivity contribution in [2.45, 2.75) is 6.54 Å². The van der Waals surface area contributed by atoms with E-state index in [-0.39, 0.29) is 0 Å². The van der Waals surface area contributed by atoms with Gasteiger partial charge < -0.3 is 10.3 Å². The van der Waals surface area contributed by atoms with Crippen LogP contribution in [0.25, 0.3) is 22.8 Å². The van der Waals surface area contributed by atoms with E-state index in [0.717, 1.165) is 21.3 Å². The fraction of sp³-hybridized carbons (Fsp3) is 0.0769. The zero-order valence-electron chi connectivity index (χ0n) is 10.3. The van der Waals surface area contributed by atoms with Crippen molar-refractivity contribution in [2.75, 3.05) is 0 Å². The van der Waals surface area contributed by atoms with Crippen molar-refractivity contribution >= 4 is 15.9 Å². The Hall–Kier alpha value is -2.12. The van der Waals surface area contributed by atoms with Crippen LogP contribution in [0, 0.1) is 0 Å². The van der Waals surface area contributed by atoms with E-state index >= 15 is 0 Å². The minimum Gasteiger partial charge on any atom is -0.334 e. The van der Waals surface area contributed by atoms with E-state index in [1.807, 2.05) is 12.1 Å². The number of hydrogen-bond donors (Lipinski definition) is 1. The topological polar surface area (TPSA) is 90.7 Å². The molecule has 3 aromatic rings. The molecule has 3 heterocycles. The molecule has 0 aliphatic heterocycles. The fourth-order valence-electron chi connectivity index (χ4n) is 1.71. The minimum atomic E-state index is 0.365. The summed E-state index contributed by atoms with van der Waals surface area (Å²) < 4.78 is 6.13. The largest absolute Gasteiger partial charge is 0.334 e. The molecule has 0 radical (unpaired) electrons. The monoisotopic (exact) mass is 331 g/mol.